The van der Waals surface area contributed by atoms with Crippen LogP contribution in [0.3, 0.4) is 0 Å². The molecule has 1 heterocycles. The minimum absolute atomic E-state index is 0.227. The average Bonchev–Trinajstić information content (AvgIpc) is 1.82. The number of pyridine rings is 1. The molecule has 1 rings (SSSR count). The molecule has 1 aromatic rings. The van der Waals surface area contributed by atoms with Crippen molar-refractivity contribution >= 4 is 23.4 Å². The smallest absolute Gasteiger partial charge is 0.130 e. The molecule has 0 atom stereocenters. The van der Waals surface area contributed by atoms with Gasteiger partial charge in [-0.3, -0.25) is 0 Å². The van der Waals surface area contributed by atoms with Crippen LogP contribution >= 0.6 is 23.4 Å². The summed E-state index contributed by atoms with van der Waals surface area (Å²) in [5.74, 6) is 0. The lowest BCUT2D eigenvalue weighted by molar-refractivity contribution is 0.802. The highest BCUT2D eigenvalue weighted by Gasteiger charge is 2.11. The second-order valence-electron chi connectivity index (χ2n) is 3.53. The summed E-state index contributed by atoms with van der Waals surface area (Å²) in [5.41, 5.74) is 0. The van der Waals surface area contributed by atoms with E-state index in [4.69, 9.17) is 11.6 Å². The Bertz CT molecular complexity index is 267. The van der Waals surface area contributed by atoms with Crippen LogP contribution in [-0.2, 0) is 0 Å². The zero-order valence-corrected chi connectivity index (χ0v) is 9.04. The van der Waals surface area contributed by atoms with Crippen molar-refractivity contribution in [3.8, 4) is 0 Å². The van der Waals surface area contributed by atoms with Crippen LogP contribution in [0.4, 0.5) is 0 Å². The minimum Gasteiger partial charge on any atom is -0.244 e. The lowest BCUT2D eigenvalue weighted by Gasteiger charge is -2.17. The van der Waals surface area contributed by atoms with Gasteiger partial charge in [-0.2, -0.15) is 0 Å². The highest BCUT2D eigenvalue weighted by Crippen LogP contribution is 2.32. The van der Waals surface area contributed by atoms with Crippen molar-refractivity contribution in [3.05, 3.63) is 23.5 Å². The fourth-order valence-corrected chi connectivity index (χ4v) is 2.05. The first-order valence-corrected chi connectivity index (χ1v) is 4.97. The average molecular weight is 202 g/mol. The van der Waals surface area contributed by atoms with E-state index in [1.807, 2.05) is 12.1 Å². The Balaban J connectivity index is 2.77. The molecule has 0 unspecified atom stereocenters. The maximum atomic E-state index is 5.75. The van der Waals surface area contributed by atoms with Crippen molar-refractivity contribution in [2.45, 2.75) is 30.4 Å². The number of rotatable bonds is 1. The second-order valence-corrected chi connectivity index (χ2v) is 5.82. The predicted octanol–water partition coefficient (Wildman–Crippen LogP) is 3.63. The normalized spacial score (nSPS) is 11.7. The molecular weight excluding hydrogens is 190 g/mol. The molecule has 66 valence electrons. The zero-order chi connectivity index (χ0) is 9.19. The Hall–Kier alpha value is -0.210. The lowest BCUT2D eigenvalue weighted by Crippen LogP contribution is -2.06. The molecule has 0 radical (unpaired) electrons. The number of halogens is 1. The summed E-state index contributed by atoms with van der Waals surface area (Å²) >= 11 is 7.54. The van der Waals surface area contributed by atoms with Gasteiger partial charge in [-0.05, 0) is 12.1 Å². The van der Waals surface area contributed by atoms with Crippen LogP contribution in [0.2, 0.25) is 5.15 Å². The topological polar surface area (TPSA) is 12.9 Å². The fourth-order valence-electron chi connectivity index (χ4n) is 0.802. The van der Waals surface area contributed by atoms with Crippen molar-refractivity contribution in [2.24, 2.45) is 0 Å². The zero-order valence-electron chi connectivity index (χ0n) is 7.47. The van der Waals surface area contributed by atoms with Gasteiger partial charge in [0, 0.05) is 15.8 Å². The first-order chi connectivity index (χ1) is 5.47. The fraction of sp³-hybridized carbons (Fsp3) is 0.444. The van der Waals surface area contributed by atoms with E-state index < -0.39 is 0 Å². The Kier molecular flexibility index (Phi) is 3.02. The Morgan fingerprint density at radius 1 is 1.42 bits per heavy atom. The van der Waals surface area contributed by atoms with Crippen molar-refractivity contribution in [1.82, 2.24) is 4.98 Å². The molecule has 1 aromatic heterocycles. The van der Waals surface area contributed by atoms with Gasteiger partial charge < -0.3 is 0 Å². The van der Waals surface area contributed by atoms with Crippen LogP contribution < -0.4 is 0 Å². The van der Waals surface area contributed by atoms with Crippen LogP contribution in [0.25, 0.3) is 0 Å². The van der Waals surface area contributed by atoms with E-state index in [0.29, 0.717) is 5.15 Å². The van der Waals surface area contributed by atoms with Gasteiger partial charge in [0.25, 0.3) is 0 Å². The summed E-state index contributed by atoms with van der Waals surface area (Å²) in [6.07, 6.45) is 1.73. The number of nitrogens with zero attached hydrogens (tertiary/aromatic N) is 1. The van der Waals surface area contributed by atoms with E-state index in [-0.39, 0.29) is 4.75 Å². The minimum atomic E-state index is 0.227. The molecule has 0 saturated heterocycles. The van der Waals surface area contributed by atoms with E-state index in [9.17, 15) is 0 Å². The quantitative estimate of drug-likeness (QED) is 0.509. The van der Waals surface area contributed by atoms with Crippen LogP contribution in [0.15, 0.2) is 23.2 Å². The molecule has 0 saturated carbocycles. The monoisotopic (exact) mass is 201 g/mol. The molecular formula is C9H12ClNS. The van der Waals surface area contributed by atoms with Crippen LogP contribution in [0.5, 0.6) is 0 Å². The third-order valence-electron chi connectivity index (χ3n) is 1.12. The first-order valence-electron chi connectivity index (χ1n) is 3.78. The van der Waals surface area contributed by atoms with Gasteiger partial charge in [-0.1, -0.05) is 32.4 Å². The van der Waals surface area contributed by atoms with Crippen LogP contribution in [0, 0.1) is 0 Å². The standard InChI is InChI=1S/C9H12ClNS/c1-9(2,3)12-7-4-5-11-8(10)6-7/h4-6H,1-3H3. The van der Waals surface area contributed by atoms with E-state index in [1.54, 1.807) is 18.0 Å². The molecule has 0 bridgehead atoms. The molecule has 0 aromatic carbocycles. The third kappa shape index (κ3) is 3.46. The summed E-state index contributed by atoms with van der Waals surface area (Å²) in [7, 11) is 0. The van der Waals surface area contributed by atoms with Gasteiger partial charge in [0.1, 0.15) is 5.15 Å². The van der Waals surface area contributed by atoms with Crippen molar-refractivity contribution in [3.63, 3.8) is 0 Å². The number of hydrogen-bond donors (Lipinski definition) is 0. The number of aromatic nitrogens is 1. The van der Waals surface area contributed by atoms with Gasteiger partial charge in [0.05, 0.1) is 0 Å². The molecule has 0 aliphatic rings. The van der Waals surface area contributed by atoms with Crippen molar-refractivity contribution < 1.29 is 0 Å². The van der Waals surface area contributed by atoms with E-state index in [1.165, 1.54) is 4.90 Å². The lowest BCUT2D eigenvalue weighted by atomic mass is 10.3. The second kappa shape index (κ2) is 3.67. The molecule has 3 heteroatoms. The molecule has 0 aliphatic heterocycles. The Labute approximate surface area is 82.5 Å². The Morgan fingerprint density at radius 2 is 2.08 bits per heavy atom. The Morgan fingerprint density at radius 3 is 2.58 bits per heavy atom. The van der Waals surface area contributed by atoms with Crippen LogP contribution in [-0.4, -0.2) is 9.73 Å². The van der Waals surface area contributed by atoms with E-state index in [2.05, 4.69) is 25.8 Å². The van der Waals surface area contributed by atoms with Gasteiger partial charge in [0.2, 0.25) is 0 Å². The molecule has 0 spiro atoms. The predicted molar refractivity (Wildman–Crippen MR) is 54.9 cm³/mol. The van der Waals surface area contributed by atoms with Gasteiger partial charge >= 0.3 is 0 Å². The summed E-state index contributed by atoms with van der Waals surface area (Å²) in [6.45, 7) is 6.52. The summed E-state index contributed by atoms with van der Waals surface area (Å²) in [6, 6.07) is 3.86. The SMILES string of the molecule is CC(C)(C)Sc1ccnc(Cl)c1. The molecule has 12 heavy (non-hydrogen) atoms. The summed E-state index contributed by atoms with van der Waals surface area (Å²) < 4.78 is 0.227. The summed E-state index contributed by atoms with van der Waals surface area (Å²) in [4.78, 5) is 5.09. The summed E-state index contributed by atoms with van der Waals surface area (Å²) in [5, 5.41) is 0.559. The maximum Gasteiger partial charge on any atom is 0.130 e. The highest BCUT2D eigenvalue weighted by molar-refractivity contribution is 8.00. The molecule has 0 aliphatic carbocycles. The molecule has 0 N–H and O–H groups in total. The number of hydrogen-bond acceptors (Lipinski definition) is 2. The third-order valence-corrected chi connectivity index (χ3v) is 2.43. The number of thioether (sulfide) groups is 1. The van der Waals surface area contributed by atoms with Gasteiger partial charge in [-0.25, -0.2) is 4.98 Å². The van der Waals surface area contributed by atoms with E-state index in [0.717, 1.165) is 0 Å². The van der Waals surface area contributed by atoms with Crippen molar-refractivity contribution in [2.75, 3.05) is 0 Å². The largest absolute Gasteiger partial charge is 0.244 e. The maximum absolute atomic E-state index is 5.75. The molecule has 1 nitrogen and oxygen atoms in total. The van der Waals surface area contributed by atoms with Gasteiger partial charge in [0.15, 0.2) is 0 Å². The highest BCUT2D eigenvalue weighted by atomic mass is 35.5. The van der Waals surface area contributed by atoms with Gasteiger partial charge in [-0.15, -0.1) is 11.8 Å². The molecule has 0 amide bonds. The van der Waals surface area contributed by atoms with Crippen LogP contribution in [0.1, 0.15) is 20.8 Å². The van der Waals surface area contributed by atoms with E-state index >= 15 is 0 Å². The first kappa shape index (κ1) is 9.87. The molecule has 0 fully saturated rings. The van der Waals surface area contributed by atoms with Crippen molar-refractivity contribution in [1.29, 1.82) is 0 Å².